The van der Waals surface area contributed by atoms with Gasteiger partial charge in [-0.2, -0.15) is 0 Å². The van der Waals surface area contributed by atoms with Gasteiger partial charge in [0.05, 0.1) is 6.04 Å². The van der Waals surface area contributed by atoms with Crippen LogP contribution in [0, 0.1) is 5.82 Å². The molecule has 23 heavy (non-hydrogen) atoms. The average molecular weight is 317 g/mol. The molecule has 1 amide bonds. The Labute approximate surface area is 134 Å². The Balaban J connectivity index is 2.00. The number of hydrogen-bond acceptors (Lipinski definition) is 3. The number of ether oxygens (including phenoxy) is 1. The SMILES string of the molecule is CC(Oc1cccc(F)c1)C(=O)NC(CCO)c1ccccc1. The summed E-state index contributed by atoms with van der Waals surface area (Å²) in [5, 5.41) is 12.0. The molecule has 0 heterocycles. The van der Waals surface area contributed by atoms with E-state index in [1.54, 1.807) is 13.0 Å². The van der Waals surface area contributed by atoms with Crippen LogP contribution in [0.5, 0.6) is 5.75 Å². The summed E-state index contributed by atoms with van der Waals surface area (Å²) in [6.45, 7) is 1.56. The minimum absolute atomic E-state index is 0.0427. The molecule has 2 atom stereocenters. The number of halogens is 1. The van der Waals surface area contributed by atoms with Crippen molar-refractivity contribution in [1.82, 2.24) is 5.32 Å². The third-order valence-electron chi connectivity index (χ3n) is 3.41. The molecule has 0 spiro atoms. The Morgan fingerprint density at radius 3 is 2.61 bits per heavy atom. The fourth-order valence-electron chi connectivity index (χ4n) is 2.22. The monoisotopic (exact) mass is 317 g/mol. The third-order valence-corrected chi connectivity index (χ3v) is 3.41. The zero-order valence-electron chi connectivity index (χ0n) is 12.9. The second kappa shape index (κ2) is 8.29. The minimum Gasteiger partial charge on any atom is -0.481 e. The molecule has 2 rings (SSSR count). The first kappa shape index (κ1) is 17.0. The van der Waals surface area contributed by atoms with E-state index in [1.807, 2.05) is 30.3 Å². The van der Waals surface area contributed by atoms with E-state index in [-0.39, 0.29) is 18.6 Å². The van der Waals surface area contributed by atoms with Gasteiger partial charge in [0.15, 0.2) is 6.10 Å². The van der Waals surface area contributed by atoms with Gasteiger partial charge < -0.3 is 15.2 Å². The van der Waals surface area contributed by atoms with Crippen molar-refractivity contribution < 1.29 is 19.0 Å². The maximum atomic E-state index is 13.1. The summed E-state index contributed by atoms with van der Waals surface area (Å²) in [6.07, 6.45) is -0.371. The van der Waals surface area contributed by atoms with Gasteiger partial charge in [-0.05, 0) is 31.0 Å². The molecule has 0 saturated carbocycles. The smallest absolute Gasteiger partial charge is 0.261 e. The van der Waals surface area contributed by atoms with Crippen molar-refractivity contribution in [2.75, 3.05) is 6.61 Å². The summed E-state index contributed by atoms with van der Waals surface area (Å²) in [4.78, 5) is 12.3. The predicted molar refractivity (Wildman–Crippen MR) is 85.5 cm³/mol. The van der Waals surface area contributed by atoms with Crippen LogP contribution in [0.2, 0.25) is 0 Å². The Morgan fingerprint density at radius 1 is 1.22 bits per heavy atom. The van der Waals surface area contributed by atoms with E-state index < -0.39 is 11.9 Å². The van der Waals surface area contributed by atoms with Crippen LogP contribution in [0.1, 0.15) is 24.9 Å². The minimum atomic E-state index is -0.776. The van der Waals surface area contributed by atoms with E-state index >= 15 is 0 Å². The standard InChI is InChI=1S/C18H20FNO3/c1-13(23-16-9-5-8-15(19)12-16)18(22)20-17(10-11-21)14-6-3-2-4-7-14/h2-9,12-13,17,21H,10-11H2,1H3,(H,20,22). The molecular formula is C18H20FNO3. The lowest BCUT2D eigenvalue weighted by atomic mass is 10.0. The molecule has 4 nitrogen and oxygen atoms in total. The molecule has 5 heteroatoms. The molecule has 2 aromatic rings. The average Bonchev–Trinajstić information content (AvgIpc) is 2.55. The number of hydrogen-bond donors (Lipinski definition) is 2. The van der Waals surface area contributed by atoms with E-state index in [0.29, 0.717) is 12.2 Å². The molecule has 0 aromatic heterocycles. The number of rotatable bonds is 7. The molecule has 0 aliphatic carbocycles. The highest BCUT2D eigenvalue weighted by atomic mass is 19.1. The second-order valence-electron chi connectivity index (χ2n) is 5.20. The molecule has 0 fully saturated rings. The van der Waals surface area contributed by atoms with Crippen molar-refractivity contribution in [1.29, 1.82) is 0 Å². The largest absolute Gasteiger partial charge is 0.481 e. The number of aliphatic hydroxyl groups excluding tert-OH is 1. The number of benzene rings is 2. The maximum Gasteiger partial charge on any atom is 0.261 e. The Hall–Kier alpha value is -2.40. The zero-order valence-corrected chi connectivity index (χ0v) is 12.9. The molecule has 2 aromatic carbocycles. The first-order valence-corrected chi connectivity index (χ1v) is 7.48. The second-order valence-corrected chi connectivity index (χ2v) is 5.20. The summed E-state index contributed by atoms with van der Waals surface area (Å²) < 4.78 is 18.6. The van der Waals surface area contributed by atoms with Gasteiger partial charge in [-0.3, -0.25) is 4.79 Å². The fraction of sp³-hybridized carbons (Fsp3) is 0.278. The number of amides is 1. The fourth-order valence-corrected chi connectivity index (χ4v) is 2.22. The van der Waals surface area contributed by atoms with Gasteiger partial charge in [0.25, 0.3) is 5.91 Å². The Morgan fingerprint density at radius 2 is 1.96 bits per heavy atom. The topological polar surface area (TPSA) is 58.6 Å². The van der Waals surface area contributed by atoms with Gasteiger partial charge in [-0.25, -0.2) is 4.39 Å². The molecule has 0 radical (unpaired) electrons. The van der Waals surface area contributed by atoms with Crippen LogP contribution in [0.15, 0.2) is 54.6 Å². The van der Waals surface area contributed by atoms with Gasteiger partial charge in [0.2, 0.25) is 0 Å². The van der Waals surface area contributed by atoms with Crippen LogP contribution in [0.4, 0.5) is 4.39 Å². The molecule has 0 aliphatic heterocycles. The highest BCUT2D eigenvalue weighted by molar-refractivity contribution is 5.81. The van der Waals surface area contributed by atoms with E-state index in [4.69, 9.17) is 4.74 Å². The van der Waals surface area contributed by atoms with Crippen molar-refractivity contribution in [3.63, 3.8) is 0 Å². The maximum absolute atomic E-state index is 13.1. The van der Waals surface area contributed by atoms with Crippen LogP contribution in [0.25, 0.3) is 0 Å². The number of aliphatic hydroxyl groups is 1. The molecule has 2 N–H and O–H groups in total. The van der Waals surface area contributed by atoms with Crippen LogP contribution in [-0.2, 0) is 4.79 Å². The summed E-state index contributed by atoms with van der Waals surface area (Å²) in [5.74, 6) is -0.444. The van der Waals surface area contributed by atoms with Crippen LogP contribution in [0.3, 0.4) is 0 Å². The molecule has 0 bridgehead atoms. The Bertz CT molecular complexity index is 633. The Kier molecular flexibility index (Phi) is 6.11. The van der Waals surface area contributed by atoms with Crippen molar-refractivity contribution in [3.8, 4) is 5.75 Å². The van der Waals surface area contributed by atoms with Crippen LogP contribution < -0.4 is 10.1 Å². The van der Waals surface area contributed by atoms with Crippen LogP contribution >= 0.6 is 0 Å². The molecular weight excluding hydrogens is 297 g/mol. The number of carbonyl (C=O) groups is 1. The lowest BCUT2D eigenvalue weighted by Crippen LogP contribution is -2.39. The van der Waals surface area contributed by atoms with E-state index in [2.05, 4.69) is 5.32 Å². The van der Waals surface area contributed by atoms with Gasteiger partial charge in [-0.15, -0.1) is 0 Å². The molecule has 2 unspecified atom stereocenters. The first-order chi connectivity index (χ1) is 11.1. The van der Waals surface area contributed by atoms with E-state index in [1.165, 1.54) is 18.2 Å². The third kappa shape index (κ3) is 5.07. The van der Waals surface area contributed by atoms with E-state index in [0.717, 1.165) is 5.56 Å². The highest BCUT2D eigenvalue weighted by Gasteiger charge is 2.20. The summed E-state index contributed by atoms with van der Waals surface area (Å²) in [6, 6.07) is 14.8. The molecule has 0 aliphatic rings. The number of carbonyl (C=O) groups excluding carboxylic acids is 1. The lowest BCUT2D eigenvalue weighted by Gasteiger charge is -2.21. The molecule has 0 saturated heterocycles. The van der Waals surface area contributed by atoms with Crippen LogP contribution in [-0.4, -0.2) is 23.7 Å². The van der Waals surface area contributed by atoms with Crippen molar-refractivity contribution >= 4 is 5.91 Å². The van der Waals surface area contributed by atoms with Gasteiger partial charge in [0.1, 0.15) is 11.6 Å². The predicted octanol–water partition coefficient (Wildman–Crippen LogP) is 2.83. The van der Waals surface area contributed by atoms with Gasteiger partial charge in [0, 0.05) is 12.7 Å². The highest BCUT2D eigenvalue weighted by Crippen LogP contribution is 2.18. The van der Waals surface area contributed by atoms with Gasteiger partial charge in [-0.1, -0.05) is 36.4 Å². The quantitative estimate of drug-likeness (QED) is 0.825. The lowest BCUT2D eigenvalue weighted by molar-refractivity contribution is -0.128. The summed E-state index contributed by atoms with van der Waals surface area (Å²) >= 11 is 0. The van der Waals surface area contributed by atoms with E-state index in [9.17, 15) is 14.3 Å². The zero-order chi connectivity index (χ0) is 16.7. The normalized spacial score (nSPS) is 13.2. The summed E-state index contributed by atoms with van der Waals surface area (Å²) in [7, 11) is 0. The number of nitrogens with one attached hydrogen (secondary N) is 1. The van der Waals surface area contributed by atoms with Crippen molar-refractivity contribution in [3.05, 3.63) is 66.0 Å². The van der Waals surface area contributed by atoms with Gasteiger partial charge >= 0.3 is 0 Å². The molecule has 122 valence electrons. The van der Waals surface area contributed by atoms with Crippen molar-refractivity contribution in [2.24, 2.45) is 0 Å². The van der Waals surface area contributed by atoms with Crippen molar-refractivity contribution in [2.45, 2.75) is 25.5 Å². The summed E-state index contributed by atoms with van der Waals surface area (Å²) in [5.41, 5.74) is 0.910. The first-order valence-electron chi connectivity index (χ1n) is 7.48.